The van der Waals surface area contributed by atoms with E-state index in [1.54, 1.807) is 13.8 Å². The number of rotatable bonds is 7. The van der Waals surface area contributed by atoms with Gasteiger partial charge >= 0.3 is 5.97 Å². The maximum Gasteiger partial charge on any atom is 0.333 e. The highest BCUT2D eigenvalue weighted by Crippen LogP contribution is 2.14. The minimum Gasteiger partial charge on any atom is -0.462 e. The zero-order valence-corrected chi connectivity index (χ0v) is 9.95. The maximum atomic E-state index is 11.2. The Morgan fingerprint density at radius 1 is 1.53 bits per heavy atom. The highest BCUT2D eigenvalue weighted by atomic mass is 16.5. The third-order valence-electron chi connectivity index (χ3n) is 2.17. The van der Waals surface area contributed by atoms with Gasteiger partial charge < -0.3 is 9.84 Å². The second-order valence-electron chi connectivity index (χ2n) is 4.12. The van der Waals surface area contributed by atoms with Crippen LogP contribution in [0, 0.1) is 5.92 Å². The van der Waals surface area contributed by atoms with E-state index in [9.17, 15) is 9.90 Å². The molecule has 0 amide bonds. The molecule has 0 heterocycles. The summed E-state index contributed by atoms with van der Waals surface area (Å²) in [6.07, 6.45) is 2.33. The van der Waals surface area contributed by atoms with Crippen LogP contribution in [-0.4, -0.2) is 23.8 Å². The van der Waals surface area contributed by atoms with Crippen molar-refractivity contribution in [2.24, 2.45) is 5.92 Å². The van der Waals surface area contributed by atoms with Gasteiger partial charge in [-0.1, -0.05) is 19.9 Å². The van der Waals surface area contributed by atoms with Crippen LogP contribution >= 0.6 is 0 Å². The summed E-state index contributed by atoms with van der Waals surface area (Å²) in [6, 6.07) is 0. The minimum atomic E-state index is -0.346. The first kappa shape index (κ1) is 14.2. The summed E-state index contributed by atoms with van der Waals surface area (Å²) >= 11 is 0. The zero-order valence-electron chi connectivity index (χ0n) is 9.95. The van der Waals surface area contributed by atoms with Crippen LogP contribution in [0.3, 0.4) is 0 Å². The second-order valence-corrected chi connectivity index (χ2v) is 4.12. The van der Waals surface area contributed by atoms with Crippen LogP contribution < -0.4 is 0 Å². The van der Waals surface area contributed by atoms with Crippen molar-refractivity contribution in [2.45, 2.75) is 46.1 Å². The van der Waals surface area contributed by atoms with E-state index in [0.717, 1.165) is 12.8 Å². The summed E-state index contributed by atoms with van der Waals surface area (Å²) in [4.78, 5) is 11.2. The smallest absolute Gasteiger partial charge is 0.333 e. The fraction of sp³-hybridized carbons (Fsp3) is 0.750. The van der Waals surface area contributed by atoms with E-state index in [1.165, 1.54) is 0 Å². The number of ether oxygens (including phenoxy) is 1. The van der Waals surface area contributed by atoms with E-state index in [-0.39, 0.29) is 18.0 Å². The lowest BCUT2D eigenvalue weighted by molar-refractivity contribution is -0.140. The van der Waals surface area contributed by atoms with Gasteiger partial charge in [0.25, 0.3) is 0 Å². The minimum absolute atomic E-state index is 0.248. The third kappa shape index (κ3) is 7.14. The largest absolute Gasteiger partial charge is 0.462 e. The van der Waals surface area contributed by atoms with Crippen molar-refractivity contribution in [2.75, 3.05) is 6.61 Å². The number of aliphatic hydroxyl groups is 1. The second kappa shape index (κ2) is 7.46. The maximum absolute atomic E-state index is 11.2. The van der Waals surface area contributed by atoms with E-state index in [1.807, 2.05) is 0 Å². The summed E-state index contributed by atoms with van der Waals surface area (Å²) in [5.74, 6) is -0.0972. The number of hydrogen-bond donors (Lipinski definition) is 1. The lowest BCUT2D eigenvalue weighted by atomic mass is 9.98. The van der Waals surface area contributed by atoms with Crippen LogP contribution in [0.2, 0.25) is 0 Å². The Bertz CT molecular complexity index is 209. The molecule has 2 unspecified atom stereocenters. The van der Waals surface area contributed by atoms with Crippen molar-refractivity contribution < 1.29 is 14.6 Å². The van der Waals surface area contributed by atoms with E-state index < -0.39 is 0 Å². The van der Waals surface area contributed by atoms with Gasteiger partial charge in [-0.25, -0.2) is 4.79 Å². The van der Waals surface area contributed by atoms with Gasteiger partial charge in [0.05, 0.1) is 12.7 Å². The summed E-state index contributed by atoms with van der Waals surface area (Å²) in [6.45, 7) is 9.36. The molecule has 0 fully saturated rings. The fourth-order valence-corrected chi connectivity index (χ4v) is 1.48. The molecule has 88 valence electrons. The van der Waals surface area contributed by atoms with Crippen molar-refractivity contribution in [1.82, 2.24) is 0 Å². The van der Waals surface area contributed by atoms with Crippen molar-refractivity contribution in [3.8, 4) is 0 Å². The van der Waals surface area contributed by atoms with Crippen LogP contribution in [0.1, 0.15) is 40.0 Å². The average Bonchev–Trinajstić information content (AvgIpc) is 2.13. The molecular formula is C12H22O3. The van der Waals surface area contributed by atoms with Gasteiger partial charge in [0.1, 0.15) is 0 Å². The molecule has 1 N–H and O–H groups in total. The van der Waals surface area contributed by atoms with Crippen LogP contribution in [-0.2, 0) is 9.53 Å². The fourth-order valence-electron chi connectivity index (χ4n) is 1.48. The summed E-state index contributed by atoms with van der Waals surface area (Å²) in [5, 5.41) is 9.27. The Morgan fingerprint density at radius 3 is 2.53 bits per heavy atom. The molecule has 0 saturated heterocycles. The molecule has 0 spiro atoms. The van der Waals surface area contributed by atoms with E-state index in [0.29, 0.717) is 18.6 Å². The molecule has 2 atom stereocenters. The molecule has 0 aliphatic heterocycles. The van der Waals surface area contributed by atoms with Gasteiger partial charge in [-0.2, -0.15) is 0 Å². The normalized spacial score (nSPS) is 14.4. The number of aliphatic hydroxyl groups excluding tert-OH is 1. The number of carbonyl (C=O) groups excluding carboxylic acids is 1. The Kier molecular flexibility index (Phi) is 7.05. The van der Waals surface area contributed by atoms with Crippen LogP contribution in [0.25, 0.3) is 0 Å². The van der Waals surface area contributed by atoms with E-state index >= 15 is 0 Å². The van der Waals surface area contributed by atoms with Gasteiger partial charge in [-0.3, -0.25) is 0 Å². The molecule has 0 radical (unpaired) electrons. The third-order valence-corrected chi connectivity index (χ3v) is 2.17. The van der Waals surface area contributed by atoms with Crippen LogP contribution in [0.5, 0.6) is 0 Å². The van der Waals surface area contributed by atoms with Crippen molar-refractivity contribution in [3.05, 3.63) is 12.2 Å². The monoisotopic (exact) mass is 214 g/mol. The van der Waals surface area contributed by atoms with Gasteiger partial charge in [-0.05, 0) is 32.6 Å². The van der Waals surface area contributed by atoms with Crippen molar-refractivity contribution in [1.29, 1.82) is 0 Å². The quantitative estimate of drug-likeness (QED) is 0.522. The number of esters is 1. The average molecular weight is 214 g/mol. The molecule has 0 rings (SSSR count). The first-order chi connectivity index (χ1) is 6.97. The zero-order chi connectivity index (χ0) is 11.8. The molecule has 0 aliphatic rings. The number of hydrogen-bond acceptors (Lipinski definition) is 3. The lowest BCUT2D eigenvalue weighted by Crippen LogP contribution is -2.18. The van der Waals surface area contributed by atoms with E-state index in [4.69, 9.17) is 4.74 Å². The predicted octanol–water partition coefficient (Wildman–Crippen LogP) is 2.29. The molecular weight excluding hydrogens is 192 g/mol. The first-order valence-electron chi connectivity index (χ1n) is 5.48. The topological polar surface area (TPSA) is 46.5 Å². The SMILES string of the molecule is C=C(C)C(=O)OCC(CCC)CC(C)O. The van der Waals surface area contributed by atoms with Gasteiger partial charge in [0, 0.05) is 5.57 Å². The number of carbonyl (C=O) groups is 1. The van der Waals surface area contributed by atoms with Gasteiger partial charge in [-0.15, -0.1) is 0 Å². The highest BCUT2D eigenvalue weighted by Gasteiger charge is 2.13. The highest BCUT2D eigenvalue weighted by molar-refractivity contribution is 5.86. The molecule has 0 saturated carbocycles. The first-order valence-corrected chi connectivity index (χ1v) is 5.48. The summed E-state index contributed by atoms with van der Waals surface area (Å²) in [7, 11) is 0. The Hall–Kier alpha value is -0.830. The molecule has 0 aliphatic carbocycles. The standard InChI is InChI=1S/C12H22O3/c1-5-6-11(7-10(4)13)8-15-12(14)9(2)3/h10-11,13H,2,5-8H2,1,3-4H3. The molecule has 0 bridgehead atoms. The Labute approximate surface area is 92.1 Å². The molecule has 15 heavy (non-hydrogen) atoms. The molecule has 3 nitrogen and oxygen atoms in total. The van der Waals surface area contributed by atoms with Gasteiger partial charge in [0.2, 0.25) is 0 Å². The van der Waals surface area contributed by atoms with Crippen LogP contribution in [0.15, 0.2) is 12.2 Å². The molecule has 0 aromatic heterocycles. The Morgan fingerprint density at radius 2 is 2.13 bits per heavy atom. The lowest BCUT2D eigenvalue weighted by Gasteiger charge is -2.17. The molecule has 0 aromatic carbocycles. The summed E-state index contributed by atoms with van der Waals surface area (Å²) in [5.41, 5.74) is 0.419. The predicted molar refractivity (Wildman–Crippen MR) is 60.5 cm³/mol. The van der Waals surface area contributed by atoms with Gasteiger partial charge in [0.15, 0.2) is 0 Å². The van der Waals surface area contributed by atoms with Crippen molar-refractivity contribution >= 4 is 5.97 Å². The van der Waals surface area contributed by atoms with Crippen molar-refractivity contribution in [3.63, 3.8) is 0 Å². The summed E-state index contributed by atoms with van der Waals surface area (Å²) < 4.78 is 5.07. The van der Waals surface area contributed by atoms with E-state index in [2.05, 4.69) is 13.5 Å². The molecule has 0 aromatic rings. The molecule has 3 heteroatoms. The Balaban J connectivity index is 3.94. The van der Waals surface area contributed by atoms with Crippen LogP contribution in [0.4, 0.5) is 0 Å².